The molecule has 1 heterocycles. The summed E-state index contributed by atoms with van der Waals surface area (Å²) >= 11 is 0. The monoisotopic (exact) mass is 232 g/mol. The van der Waals surface area contributed by atoms with Gasteiger partial charge in [-0.2, -0.15) is 0 Å². The minimum absolute atomic E-state index is 0.213. The lowest BCUT2D eigenvalue weighted by Crippen LogP contribution is -2.13. The molecular weight excluding hydrogens is 218 g/mol. The zero-order chi connectivity index (χ0) is 12.0. The first kappa shape index (κ1) is 12.6. The highest BCUT2D eigenvalue weighted by atomic mass is 19.3. The van der Waals surface area contributed by atoms with Crippen molar-refractivity contribution in [2.45, 2.75) is 20.0 Å². The molecule has 3 N–H and O–H groups in total. The first-order valence-electron chi connectivity index (χ1n) is 4.85. The van der Waals surface area contributed by atoms with Crippen LogP contribution in [0.4, 0.5) is 20.4 Å². The SMILES string of the molecule is CCOCc1nc(N)cc(NCC(F)F)n1. The normalized spacial score (nSPS) is 10.8. The van der Waals surface area contributed by atoms with E-state index >= 15 is 0 Å². The number of hydrogen-bond acceptors (Lipinski definition) is 5. The summed E-state index contributed by atoms with van der Waals surface area (Å²) in [6.07, 6.45) is -2.44. The van der Waals surface area contributed by atoms with Crippen molar-refractivity contribution in [3.63, 3.8) is 0 Å². The molecule has 5 nitrogen and oxygen atoms in total. The van der Waals surface area contributed by atoms with Gasteiger partial charge in [0.15, 0.2) is 5.82 Å². The number of anilines is 2. The van der Waals surface area contributed by atoms with Crippen molar-refractivity contribution in [2.75, 3.05) is 24.2 Å². The highest BCUT2D eigenvalue weighted by Crippen LogP contribution is 2.09. The number of ether oxygens (including phenoxy) is 1. The molecule has 0 radical (unpaired) electrons. The fraction of sp³-hybridized carbons (Fsp3) is 0.556. The molecule has 7 heteroatoms. The third-order valence-electron chi connectivity index (χ3n) is 1.67. The van der Waals surface area contributed by atoms with Gasteiger partial charge in [0.1, 0.15) is 18.2 Å². The quantitative estimate of drug-likeness (QED) is 0.772. The molecule has 90 valence electrons. The number of halogens is 2. The van der Waals surface area contributed by atoms with Crippen LogP contribution in [0, 0.1) is 0 Å². The summed E-state index contributed by atoms with van der Waals surface area (Å²) in [7, 11) is 0. The van der Waals surface area contributed by atoms with Gasteiger partial charge in [0.05, 0.1) is 6.54 Å². The molecule has 1 rings (SSSR count). The van der Waals surface area contributed by atoms with Crippen molar-refractivity contribution in [3.05, 3.63) is 11.9 Å². The predicted molar refractivity (Wildman–Crippen MR) is 56.3 cm³/mol. The molecule has 16 heavy (non-hydrogen) atoms. The Hall–Kier alpha value is -1.50. The van der Waals surface area contributed by atoms with Gasteiger partial charge in [-0.25, -0.2) is 18.7 Å². The number of hydrogen-bond donors (Lipinski definition) is 2. The first-order chi connectivity index (χ1) is 7.61. The second-order valence-corrected chi connectivity index (χ2v) is 3.00. The summed E-state index contributed by atoms with van der Waals surface area (Å²) in [4.78, 5) is 7.90. The topological polar surface area (TPSA) is 73.1 Å². The summed E-state index contributed by atoms with van der Waals surface area (Å²) in [5.74, 6) is 0.877. The average molecular weight is 232 g/mol. The Kier molecular flexibility index (Phi) is 4.84. The van der Waals surface area contributed by atoms with Crippen LogP contribution in [0.5, 0.6) is 0 Å². The smallest absolute Gasteiger partial charge is 0.255 e. The van der Waals surface area contributed by atoms with Crippen LogP contribution >= 0.6 is 0 Å². The van der Waals surface area contributed by atoms with Gasteiger partial charge in [-0.05, 0) is 6.92 Å². The van der Waals surface area contributed by atoms with Crippen LogP contribution in [0.1, 0.15) is 12.7 Å². The lowest BCUT2D eigenvalue weighted by Gasteiger charge is -2.07. The van der Waals surface area contributed by atoms with Crippen molar-refractivity contribution in [2.24, 2.45) is 0 Å². The molecule has 0 atom stereocenters. The second kappa shape index (κ2) is 6.16. The summed E-state index contributed by atoms with van der Waals surface area (Å²) in [5.41, 5.74) is 5.50. The Morgan fingerprint density at radius 2 is 2.25 bits per heavy atom. The Morgan fingerprint density at radius 1 is 1.50 bits per heavy atom. The number of nitrogens with two attached hydrogens (primary N) is 1. The molecule has 0 aliphatic heterocycles. The van der Waals surface area contributed by atoms with E-state index in [2.05, 4.69) is 15.3 Å². The average Bonchev–Trinajstić information content (AvgIpc) is 2.23. The third kappa shape index (κ3) is 4.35. The van der Waals surface area contributed by atoms with E-state index in [0.29, 0.717) is 12.4 Å². The zero-order valence-electron chi connectivity index (χ0n) is 8.91. The second-order valence-electron chi connectivity index (χ2n) is 3.00. The lowest BCUT2D eigenvalue weighted by atomic mass is 10.5. The van der Waals surface area contributed by atoms with E-state index in [1.165, 1.54) is 6.07 Å². The van der Waals surface area contributed by atoms with Crippen LogP contribution in [-0.4, -0.2) is 29.5 Å². The molecule has 0 amide bonds. The molecule has 0 unspecified atom stereocenters. The fourth-order valence-electron chi connectivity index (χ4n) is 1.05. The van der Waals surface area contributed by atoms with E-state index in [9.17, 15) is 8.78 Å². The maximum atomic E-state index is 12.0. The molecule has 0 spiro atoms. The summed E-state index contributed by atoms with van der Waals surface area (Å²) in [6.45, 7) is 2.11. The van der Waals surface area contributed by atoms with Crippen LogP contribution < -0.4 is 11.1 Å². The van der Waals surface area contributed by atoms with Gasteiger partial charge in [0, 0.05) is 12.7 Å². The number of nitrogen functional groups attached to an aromatic ring is 1. The van der Waals surface area contributed by atoms with Crippen molar-refractivity contribution >= 4 is 11.6 Å². The third-order valence-corrected chi connectivity index (χ3v) is 1.67. The minimum Gasteiger partial charge on any atom is -0.384 e. The molecule has 0 saturated carbocycles. The Bertz CT molecular complexity index is 335. The Morgan fingerprint density at radius 3 is 2.88 bits per heavy atom. The summed E-state index contributed by atoms with van der Waals surface area (Å²) in [5, 5.41) is 2.47. The molecule has 0 saturated heterocycles. The van der Waals surface area contributed by atoms with Crippen molar-refractivity contribution in [3.8, 4) is 0 Å². The number of nitrogens with zero attached hydrogens (tertiary/aromatic N) is 2. The number of rotatable bonds is 6. The Balaban J connectivity index is 2.65. The van der Waals surface area contributed by atoms with Gasteiger partial charge >= 0.3 is 0 Å². The molecule has 0 bridgehead atoms. The van der Waals surface area contributed by atoms with Crippen LogP contribution in [0.15, 0.2) is 6.07 Å². The highest BCUT2D eigenvalue weighted by Gasteiger charge is 2.05. The molecule has 0 aliphatic carbocycles. The number of aromatic nitrogens is 2. The van der Waals surface area contributed by atoms with E-state index in [1.54, 1.807) is 0 Å². The van der Waals surface area contributed by atoms with Crippen LogP contribution in [-0.2, 0) is 11.3 Å². The zero-order valence-corrected chi connectivity index (χ0v) is 8.91. The molecule has 0 aliphatic rings. The minimum atomic E-state index is -2.44. The van der Waals surface area contributed by atoms with Crippen LogP contribution in [0.2, 0.25) is 0 Å². The first-order valence-corrected chi connectivity index (χ1v) is 4.85. The van der Waals surface area contributed by atoms with E-state index in [-0.39, 0.29) is 18.2 Å². The van der Waals surface area contributed by atoms with Crippen LogP contribution in [0.25, 0.3) is 0 Å². The van der Waals surface area contributed by atoms with E-state index in [0.717, 1.165) is 0 Å². The fourth-order valence-corrected chi connectivity index (χ4v) is 1.05. The molecule has 1 aromatic heterocycles. The molecular formula is C9H14F2N4O. The summed E-state index contributed by atoms with van der Waals surface area (Å²) < 4.78 is 29.0. The Labute approximate surface area is 92.0 Å². The van der Waals surface area contributed by atoms with Crippen molar-refractivity contribution < 1.29 is 13.5 Å². The van der Waals surface area contributed by atoms with Gasteiger partial charge in [-0.15, -0.1) is 0 Å². The van der Waals surface area contributed by atoms with Crippen molar-refractivity contribution in [1.82, 2.24) is 9.97 Å². The van der Waals surface area contributed by atoms with Crippen LogP contribution in [0.3, 0.4) is 0 Å². The number of nitrogens with one attached hydrogen (secondary N) is 1. The van der Waals surface area contributed by atoms with E-state index in [4.69, 9.17) is 10.5 Å². The standard InChI is InChI=1S/C9H14F2N4O/c1-2-16-5-9-14-7(12)3-8(15-9)13-4-6(10)11/h3,6H,2,4-5H2,1H3,(H3,12,13,14,15). The molecule has 1 aromatic rings. The molecule has 0 aromatic carbocycles. The lowest BCUT2D eigenvalue weighted by molar-refractivity contribution is 0.128. The largest absolute Gasteiger partial charge is 0.384 e. The highest BCUT2D eigenvalue weighted by molar-refractivity contribution is 5.44. The van der Waals surface area contributed by atoms with Gasteiger partial charge in [-0.1, -0.05) is 0 Å². The predicted octanol–water partition coefficient (Wildman–Crippen LogP) is 1.27. The molecule has 0 fully saturated rings. The van der Waals surface area contributed by atoms with Gasteiger partial charge in [-0.3, -0.25) is 0 Å². The van der Waals surface area contributed by atoms with Gasteiger partial charge in [0.2, 0.25) is 0 Å². The maximum absolute atomic E-state index is 12.0. The van der Waals surface area contributed by atoms with Gasteiger partial charge < -0.3 is 15.8 Å². The number of alkyl halides is 2. The van der Waals surface area contributed by atoms with E-state index in [1.807, 2.05) is 6.92 Å². The van der Waals surface area contributed by atoms with Crippen molar-refractivity contribution in [1.29, 1.82) is 0 Å². The maximum Gasteiger partial charge on any atom is 0.255 e. The van der Waals surface area contributed by atoms with E-state index < -0.39 is 13.0 Å². The summed E-state index contributed by atoms with van der Waals surface area (Å²) in [6, 6.07) is 1.40. The van der Waals surface area contributed by atoms with Gasteiger partial charge in [0.25, 0.3) is 6.43 Å².